The number of carbonyl (C=O) groups is 2. The molecule has 1 saturated heterocycles. The van der Waals surface area contributed by atoms with Gasteiger partial charge in [-0.3, -0.25) is 14.7 Å². The molecule has 0 spiro atoms. The van der Waals surface area contributed by atoms with Crippen molar-refractivity contribution in [1.82, 2.24) is 25.1 Å². The number of likely N-dealkylation sites (tertiary alicyclic amines) is 1. The quantitative estimate of drug-likeness (QED) is 0.157. The van der Waals surface area contributed by atoms with Crippen molar-refractivity contribution in [3.8, 4) is 11.1 Å². The van der Waals surface area contributed by atoms with Gasteiger partial charge in [-0.2, -0.15) is 31.4 Å². The predicted molar refractivity (Wildman–Crippen MR) is 177 cm³/mol. The Balaban J connectivity index is 1.43. The van der Waals surface area contributed by atoms with Crippen LogP contribution in [0, 0.1) is 11.8 Å². The van der Waals surface area contributed by atoms with E-state index in [4.69, 9.17) is 4.74 Å². The summed E-state index contributed by atoms with van der Waals surface area (Å²) in [7, 11) is 0. The number of piperidine rings is 1. The monoisotopic (exact) mass is 722 g/mol. The van der Waals surface area contributed by atoms with Gasteiger partial charge in [0.2, 0.25) is 11.9 Å². The minimum Gasteiger partial charge on any atom is -0.466 e. The number of H-pyrrole nitrogens is 1. The highest BCUT2D eigenvalue weighted by atomic mass is 19.4. The van der Waals surface area contributed by atoms with E-state index in [1.165, 1.54) is 0 Å². The Kier molecular flexibility index (Phi) is 12.0. The van der Waals surface area contributed by atoms with Crippen LogP contribution in [0.2, 0.25) is 0 Å². The molecule has 51 heavy (non-hydrogen) atoms. The molecule has 3 heterocycles. The lowest BCUT2D eigenvalue weighted by molar-refractivity contribution is -0.146. The number of carbonyl (C=O) groups excluding carboxylic acids is 2. The summed E-state index contributed by atoms with van der Waals surface area (Å²) in [5.74, 6) is -0.0333. The molecule has 1 aromatic carbocycles. The van der Waals surface area contributed by atoms with Gasteiger partial charge >= 0.3 is 18.3 Å². The van der Waals surface area contributed by atoms with Gasteiger partial charge in [-0.15, -0.1) is 0 Å². The van der Waals surface area contributed by atoms with E-state index in [9.17, 15) is 35.9 Å². The molecule has 5 rings (SSSR count). The fourth-order valence-corrected chi connectivity index (χ4v) is 7.57. The SMILES string of the molecule is CCOC(=O)C[C@H]1CC[C@H](C(=O)N2[C@H](CC)C[C@H](N(Cc3cc(C(F)(F)F)cc(C(F)(F)F)c3)c3ncc(-c4cn[nH]c4)cn3)C[C@@H]2CC)CC1. The van der Waals surface area contributed by atoms with Gasteiger partial charge in [0.15, 0.2) is 0 Å². The Hall–Kier alpha value is -4.17. The number of esters is 1. The number of alkyl halides is 6. The number of anilines is 1. The molecule has 1 N–H and O–H groups in total. The highest BCUT2D eigenvalue weighted by Gasteiger charge is 2.43. The summed E-state index contributed by atoms with van der Waals surface area (Å²) >= 11 is 0. The number of halogens is 6. The third-order valence-electron chi connectivity index (χ3n) is 10.2. The van der Waals surface area contributed by atoms with Crippen LogP contribution >= 0.6 is 0 Å². The Morgan fingerprint density at radius 2 is 1.45 bits per heavy atom. The predicted octanol–water partition coefficient (Wildman–Crippen LogP) is 8.22. The lowest BCUT2D eigenvalue weighted by atomic mass is 9.78. The Labute approximate surface area is 293 Å². The van der Waals surface area contributed by atoms with E-state index in [1.807, 2.05) is 18.7 Å². The van der Waals surface area contributed by atoms with Crippen LogP contribution in [0.15, 0.2) is 43.0 Å². The van der Waals surface area contributed by atoms with Crippen molar-refractivity contribution in [3.63, 3.8) is 0 Å². The zero-order valence-corrected chi connectivity index (χ0v) is 28.9. The van der Waals surface area contributed by atoms with Crippen LogP contribution in [0.5, 0.6) is 0 Å². The number of nitrogens with zero attached hydrogens (tertiary/aromatic N) is 5. The molecule has 1 saturated carbocycles. The number of nitrogens with one attached hydrogen (secondary N) is 1. The first-order valence-electron chi connectivity index (χ1n) is 17.6. The fraction of sp³-hybridized carbons (Fsp3) is 0.583. The summed E-state index contributed by atoms with van der Waals surface area (Å²) in [6, 6.07) is 0.768. The Morgan fingerprint density at radius 3 is 1.94 bits per heavy atom. The van der Waals surface area contributed by atoms with Crippen molar-refractivity contribution in [2.45, 2.75) is 116 Å². The van der Waals surface area contributed by atoms with Crippen LogP contribution < -0.4 is 4.90 Å². The van der Waals surface area contributed by atoms with Crippen molar-refractivity contribution in [2.75, 3.05) is 11.5 Å². The van der Waals surface area contributed by atoms with Crippen molar-refractivity contribution in [1.29, 1.82) is 0 Å². The first kappa shape index (κ1) is 38.1. The van der Waals surface area contributed by atoms with Gasteiger partial charge in [-0.05, 0) is 88.0 Å². The number of rotatable bonds is 11. The first-order chi connectivity index (χ1) is 24.2. The zero-order valence-electron chi connectivity index (χ0n) is 28.9. The number of aromatic amines is 1. The second-order valence-corrected chi connectivity index (χ2v) is 13.5. The number of benzene rings is 1. The summed E-state index contributed by atoms with van der Waals surface area (Å²) in [4.78, 5) is 38.9. The summed E-state index contributed by atoms with van der Waals surface area (Å²) in [6.07, 6.45) is 1.54. The molecule has 1 amide bonds. The van der Waals surface area contributed by atoms with E-state index < -0.39 is 29.5 Å². The van der Waals surface area contributed by atoms with E-state index in [1.54, 1.807) is 36.6 Å². The van der Waals surface area contributed by atoms with Crippen molar-refractivity contribution in [2.24, 2.45) is 11.8 Å². The van der Waals surface area contributed by atoms with Crippen molar-refractivity contribution < 1.29 is 40.7 Å². The average Bonchev–Trinajstić information content (AvgIpc) is 3.65. The van der Waals surface area contributed by atoms with Crippen LogP contribution in [-0.2, 0) is 33.2 Å². The maximum absolute atomic E-state index is 14.1. The summed E-state index contributed by atoms with van der Waals surface area (Å²) in [5.41, 5.74) is -1.63. The number of hydrogen-bond acceptors (Lipinski definition) is 7. The first-order valence-corrected chi connectivity index (χ1v) is 17.6. The Bertz CT molecular complexity index is 1560. The molecule has 9 nitrogen and oxygen atoms in total. The molecular weight excluding hydrogens is 678 g/mol. The molecule has 1 aliphatic carbocycles. The van der Waals surface area contributed by atoms with E-state index in [2.05, 4.69) is 20.2 Å². The van der Waals surface area contributed by atoms with E-state index in [0.29, 0.717) is 62.7 Å². The Morgan fingerprint density at radius 1 is 0.863 bits per heavy atom. The minimum atomic E-state index is -4.99. The van der Waals surface area contributed by atoms with Crippen LogP contribution in [0.25, 0.3) is 11.1 Å². The van der Waals surface area contributed by atoms with Crippen LogP contribution in [0.1, 0.15) is 95.2 Å². The van der Waals surface area contributed by atoms with Crippen LogP contribution in [0.3, 0.4) is 0 Å². The van der Waals surface area contributed by atoms with E-state index in [-0.39, 0.29) is 59.9 Å². The highest BCUT2D eigenvalue weighted by Crippen LogP contribution is 2.40. The van der Waals surface area contributed by atoms with E-state index >= 15 is 0 Å². The molecule has 1 aliphatic heterocycles. The van der Waals surface area contributed by atoms with Gasteiger partial charge in [0.05, 0.1) is 23.9 Å². The fourth-order valence-electron chi connectivity index (χ4n) is 7.57. The maximum Gasteiger partial charge on any atom is 0.416 e. The molecule has 278 valence electrons. The normalized spacial score (nSPS) is 22.8. The third-order valence-corrected chi connectivity index (χ3v) is 10.2. The van der Waals surface area contributed by atoms with Crippen LogP contribution in [-0.4, -0.2) is 61.7 Å². The lowest BCUT2D eigenvalue weighted by Gasteiger charge is -2.49. The summed E-state index contributed by atoms with van der Waals surface area (Å²) < 4.78 is 88.1. The molecule has 0 bridgehead atoms. The average molecular weight is 723 g/mol. The molecule has 2 aromatic heterocycles. The van der Waals surface area contributed by atoms with Gasteiger partial charge in [0.1, 0.15) is 0 Å². The lowest BCUT2D eigenvalue weighted by Crippen LogP contribution is -2.58. The highest BCUT2D eigenvalue weighted by molar-refractivity contribution is 5.80. The number of aromatic nitrogens is 4. The number of ether oxygens (including phenoxy) is 1. The number of hydrogen-bond donors (Lipinski definition) is 1. The van der Waals surface area contributed by atoms with Gasteiger partial charge in [-0.25, -0.2) is 9.97 Å². The third kappa shape index (κ3) is 9.20. The molecule has 0 unspecified atom stereocenters. The minimum absolute atomic E-state index is 0.0571. The molecular formula is C36H44F6N6O3. The van der Waals surface area contributed by atoms with E-state index in [0.717, 1.165) is 25.0 Å². The van der Waals surface area contributed by atoms with Crippen LogP contribution in [0.4, 0.5) is 32.3 Å². The second kappa shape index (κ2) is 16.0. The van der Waals surface area contributed by atoms with Crippen molar-refractivity contribution >= 4 is 17.8 Å². The van der Waals surface area contributed by atoms with Crippen molar-refractivity contribution in [3.05, 3.63) is 59.7 Å². The molecule has 15 heteroatoms. The molecule has 2 aliphatic rings. The largest absolute Gasteiger partial charge is 0.466 e. The maximum atomic E-state index is 14.1. The van der Waals surface area contributed by atoms with Gasteiger partial charge < -0.3 is 14.5 Å². The molecule has 3 aromatic rings. The summed E-state index contributed by atoms with van der Waals surface area (Å²) in [5, 5.41) is 6.64. The van der Waals surface area contributed by atoms with Gasteiger partial charge in [0.25, 0.3) is 0 Å². The smallest absolute Gasteiger partial charge is 0.416 e. The number of amides is 1. The topological polar surface area (TPSA) is 104 Å². The molecule has 0 radical (unpaired) electrons. The molecule has 2 fully saturated rings. The van der Waals surface area contributed by atoms with Gasteiger partial charge in [-0.1, -0.05) is 13.8 Å². The zero-order chi connectivity index (χ0) is 36.9. The summed E-state index contributed by atoms with van der Waals surface area (Å²) in [6.45, 7) is 5.73. The molecule has 3 atom stereocenters. The standard InChI is InChI=1S/C36H44F6N6O3/c1-4-29-15-31(16-30(5-2)48(29)33(50)24-9-7-22(8-10-24)13-32(49)51-6-3)47(34-43-17-25(18-44-34)26-19-45-46-20-26)21-23-11-27(35(37,38)39)14-28(12-23)36(40,41)42/h11-12,14,17-20,22,24,29-31H,4-10,13,15-16,21H2,1-3H3,(H,45,46)/t22-,24-,29-,30+,31+. The van der Waals surface area contributed by atoms with Gasteiger partial charge in [0, 0.05) is 66.7 Å². The second-order valence-electron chi connectivity index (χ2n) is 13.5.